The monoisotopic (exact) mass is 300 g/mol. The van der Waals surface area contributed by atoms with E-state index in [-0.39, 0.29) is 12.5 Å². The summed E-state index contributed by atoms with van der Waals surface area (Å²) < 4.78 is 10.3. The molecule has 0 spiro atoms. The van der Waals surface area contributed by atoms with Crippen LogP contribution in [0.5, 0.6) is 11.6 Å². The molecule has 0 saturated carbocycles. The second-order valence-electron chi connectivity index (χ2n) is 4.43. The van der Waals surface area contributed by atoms with Crippen LogP contribution in [0, 0.1) is 0 Å². The molecule has 0 aliphatic carbocycles. The van der Waals surface area contributed by atoms with Crippen molar-refractivity contribution in [3.05, 3.63) is 53.7 Å². The Balaban J connectivity index is 1.81. The van der Waals surface area contributed by atoms with Crippen LogP contribution in [0.1, 0.15) is 15.9 Å². The first-order valence-corrected chi connectivity index (χ1v) is 6.65. The number of carbonyl (C=O) groups excluding carboxylic acids is 2. The van der Waals surface area contributed by atoms with Crippen LogP contribution >= 0.6 is 0 Å². The molecule has 2 aromatic rings. The smallest absolute Gasteiger partial charge is 0.258 e. The number of hydrogen-bond acceptors (Lipinski definition) is 5. The molecule has 0 unspecified atom stereocenters. The van der Waals surface area contributed by atoms with Crippen LogP contribution in [0.4, 0.5) is 0 Å². The van der Waals surface area contributed by atoms with Gasteiger partial charge in [-0.1, -0.05) is 18.2 Å². The molecule has 6 heteroatoms. The number of hydrogen-bond donors (Lipinski definition) is 1. The maximum absolute atomic E-state index is 11.7. The Morgan fingerprint density at radius 1 is 1.27 bits per heavy atom. The van der Waals surface area contributed by atoms with Gasteiger partial charge in [-0.05, 0) is 17.7 Å². The first kappa shape index (κ1) is 15.5. The highest BCUT2D eigenvalue weighted by Gasteiger charge is 2.06. The van der Waals surface area contributed by atoms with E-state index in [2.05, 4.69) is 10.3 Å². The molecular formula is C16H16N2O4. The van der Waals surface area contributed by atoms with Gasteiger partial charge >= 0.3 is 0 Å². The van der Waals surface area contributed by atoms with E-state index >= 15 is 0 Å². The van der Waals surface area contributed by atoms with Gasteiger partial charge in [0.25, 0.3) is 5.91 Å². The molecule has 114 valence electrons. The van der Waals surface area contributed by atoms with Crippen molar-refractivity contribution in [2.75, 3.05) is 13.7 Å². The van der Waals surface area contributed by atoms with Gasteiger partial charge in [-0.3, -0.25) is 9.59 Å². The molecule has 0 aliphatic rings. The number of aromatic nitrogens is 1. The molecule has 0 fully saturated rings. The van der Waals surface area contributed by atoms with Crippen molar-refractivity contribution in [2.45, 2.75) is 6.54 Å². The maximum Gasteiger partial charge on any atom is 0.258 e. The highest BCUT2D eigenvalue weighted by molar-refractivity contribution is 5.80. The number of carbonyl (C=O) groups is 2. The second-order valence-corrected chi connectivity index (χ2v) is 4.43. The highest BCUT2D eigenvalue weighted by atomic mass is 16.5. The minimum atomic E-state index is -0.281. The lowest BCUT2D eigenvalue weighted by atomic mass is 10.2. The number of rotatable bonds is 7. The lowest BCUT2D eigenvalue weighted by Crippen LogP contribution is -2.28. The Bertz CT molecular complexity index is 641. The van der Waals surface area contributed by atoms with Gasteiger partial charge in [0.15, 0.2) is 12.9 Å². The second kappa shape index (κ2) is 7.78. The van der Waals surface area contributed by atoms with Crippen LogP contribution in [-0.4, -0.2) is 30.9 Å². The van der Waals surface area contributed by atoms with Crippen molar-refractivity contribution < 1.29 is 19.1 Å². The minimum absolute atomic E-state index is 0.158. The van der Waals surface area contributed by atoms with E-state index in [4.69, 9.17) is 9.47 Å². The molecule has 6 nitrogen and oxygen atoms in total. The average Bonchev–Trinajstić information content (AvgIpc) is 2.58. The van der Waals surface area contributed by atoms with Gasteiger partial charge < -0.3 is 14.8 Å². The molecule has 0 atom stereocenters. The number of ether oxygens (including phenoxy) is 2. The van der Waals surface area contributed by atoms with Crippen molar-refractivity contribution in [1.29, 1.82) is 0 Å². The average molecular weight is 300 g/mol. The maximum atomic E-state index is 11.7. The van der Waals surface area contributed by atoms with Gasteiger partial charge in [0.05, 0.1) is 12.7 Å². The van der Waals surface area contributed by atoms with Crippen LogP contribution in [0.3, 0.4) is 0 Å². The van der Waals surface area contributed by atoms with Crippen LogP contribution in [0.15, 0.2) is 42.6 Å². The Labute approximate surface area is 128 Å². The standard InChI is InChI=1S/C16H16N2O4/c1-21-16-7-6-12(9-18-16)8-17-15(20)11-22-14-5-3-2-4-13(14)10-19/h2-7,9-10H,8,11H2,1H3,(H,17,20). The number of methoxy groups -OCH3 is 1. The number of nitrogens with zero attached hydrogens (tertiary/aromatic N) is 1. The van der Waals surface area contributed by atoms with Crippen molar-refractivity contribution in [3.63, 3.8) is 0 Å². The number of pyridine rings is 1. The third-order valence-corrected chi connectivity index (χ3v) is 2.90. The summed E-state index contributed by atoms with van der Waals surface area (Å²) in [7, 11) is 1.54. The fourth-order valence-corrected chi connectivity index (χ4v) is 1.74. The Hall–Kier alpha value is -2.89. The molecule has 0 aliphatic heterocycles. The van der Waals surface area contributed by atoms with Gasteiger partial charge in [-0.15, -0.1) is 0 Å². The molecule has 0 saturated heterocycles. The zero-order chi connectivity index (χ0) is 15.8. The lowest BCUT2D eigenvalue weighted by molar-refractivity contribution is -0.123. The molecule has 1 heterocycles. The van der Waals surface area contributed by atoms with Crippen molar-refractivity contribution in [1.82, 2.24) is 10.3 Å². The van der Waals surface area contributed by atoms with E-state index in [9.17, 15) is 9.59 Å². The first-order chi connectivity index (χ1) is 10.7. The van der Waals surface area contributed by atoms with Gasteiger partial charge in [-0.25, -0.2) is 4.98 Å². The summed E-state index contributed by atoms with van der Waals surface area (Å²) in [6.07, 6.45) is 2.32. The summed E-state index contributed by atoms with van der Waals surface area (Å²) in [5, 5.41) is 2.71. The van der Waals surface area contributed by atoms with Gasteiger partial charge in [-0.2, -0.15) is 0 Å². The van der Waals surface area contributed by atoms with Crippen molar-refractivity contribution in [2.24, 2.45) is 0 Å². The Kier molecular flexibility index (Phi) is 5.48. The number of amides is 1. The van der Waals surface area contributed by atoms with E-state index in [0.29, 0.717) is 30.0 Å². The quantitative estimate of drug-likeness (QED) is 0.786. The largest absolute Gasteiger partial charge is 0.483 e. The SMILES string of the molecule is COc1ccc(CNC(=O)COc2ccccc2C=O)cn1. The molecular weight excluding hydrogens is 284 g/mol. The lowest BCUT2D eigenvalue weighted by Gasteiger charge is -2.09. The normalized spacial score (nSPS) is 9.86. The summed E-state index contributed by atoms with van der Waals surface area (Å²) in [6.45, 7) is 0.183. The van der Waals surface area contributed by atoms with E-state index < -0.39 is 0 Å². The summed E-state index contributed by atoms with van der Waals surface area (Å²) in [6, 6.07) is 10.3. The van der Waals surface area contributed by atoms with Crippen LogP contribution in [0.25, 0.3) is 0 Å². The Morgan fingerprint density at radius 2 is 2.09 bits per heavy atom. The van der Waals surface area contributed by atoms with Crippen molar-refractivity contribution >= 4 is 12.2 Å². The molecule has 1 aromatic heterocycles. The van der Waals surface area contributed by atoms with Crippen LogP contribution < -0.4 is 14.8 Å². The van der Waals surface area contributed by atoms with Gasteiger partial charge in [0, 0.05) is 18.8 Å². The van der Waals surface area contributed by atoms with Crippen LogP contribution in [0.2, 0.25) is 0 Å². The Morgan fingerprint density at radius 3 is 2.77 bits per heavy atom. The van der Waals surface area contributed by atoms with E-state index in [1.807, 2.05) is 6.07 Å². The fourth-order valence-electron chi connectivity index (χ4n) is 1.74. The number of para-hydroxylation sites is 1. The van der Waals surface area contributed by atoms with E-state index in [1.54, 1.807) is 36.5 Å². The number of benzene rings is 1. The molecule has 22 heavy (non-hydrogen) atoms. The predicted octanol–water partition coefficient (Wildman–Crippen LogP) is 1.60. The van der Waals surface area contributed by atoms with Gasteiger partial charge in [0.1, 0.15) is 5.75 Å². The predicted molar refractivity (Wildman–Crippen MR) is 80.0 cm³/mol. The topological polar surface area (TPSA) is 77.5 Å². The first-order valence-electron chi connectivity index (χ1n) is 6.65. The molecule has 1 amide bonds. The number of aldehydes is 1. The molecule has 2 rings (SSSR count). The van der Waals surface area contributed by atoms with Gasteiger partial charge in [0.2, 0.25) is 5.88 Å². The molecule has 0 radical (unpaired) electrons. The number of nitrogens with one attached hydrogen (secondary N) is 1. The third kappa shape index (κ3) is 4.31. The molecule has 1 aromatic carbocycles. The summed E-state index contributed by atoms with van der Waals surface area (Å²) >= 11 is 0. The zero-order valence-corrected chi connectivity index (χ0v) is 12.1. The van der Waals surface area contributed by atoms with E-state index in [0.717, 1.165) is 5.56 Å². The molecule has 1 N–H and O–H groups in total. The molecule has 0 bridgehead atoms. The van der Waals surface area contributed by atoms with Crippen LogP contribution in [-0.2, 0) is 11.3 Å². The van der Waals surface area contributed by atoms with E-state index in [1.165, 1.54) is 7.11 Å². The third-order valence-electron chi connectivity index (χ3n) is 2.90. The summed E-state index contributed by atoms with van der Waals surface area (Å²) in [4.78, 5) is 26.6. The van der Waals surface area contributed by atoms with Crippen molar-refractivity contribution in [3.8, 4) is 11.6 Å². The zero-order valence-electron chi connectivity index (χ0n) is 12.1. The highest BCUT2D eigenvalue weighted by Crippen LogP contribution is 2.15. The summed E-state index contributed by atoms with van der Waals surface area (Å²) in [5.41, 5.74) is 1.26. The minimum Gasteiger partial charge on any atom is -0.483 e. The summed E-state index contributed by atoms with van der Waals surface area (Å²) in [5.74, 6) is 0.624. The fraction of sp³-hybridized carbons (Fsp3) is 0.188.